The highest BCUT2D eigenvalue weighted by Gasteiger charge is 2.30. The molecule has 108 heavy (non-hydrogen) atoms. The summed E-state index contributed by atoms with van der Waals surface area (Å²) in [5.41, 5.74) is 0. The average Bonchev–Trinajstić information content (AvgIpc) is 0.900. The number of esters is 4. The predicted molar refractivity (Wildman–Crippen MR) is 446 cm³/mol. The maximum absolute atomic E-state index is 13.2. The second kappa shape index (κ2) is 81.6. The summed E-state index contributed by atoms with van der Waals surface area (Å²) in [5, 5.41) is 10.7. The molecule has 19 heteroatoms. The van der Waals surface area contributed by atoms with Crippen molar-refractivity contribution in [3.63, 3.8) is 0 Å². The van der Waals surface area contributed by atoms with Crippen molar-refractivity contribution in [1.82, 2.24) is 0 Å². The molecule has 0 aliphatic carbocycles. The van der Waals surface area contributed by atoms with Crippen LogP contribution in [-0.2, 0) is 65.4 Å². The summed E-state index contributed by atoms with van der Waals surface area (Å²) >= 11 is 0. The number of carbonyl (C=O) groups excluding carboxylic acids is 4. The van der Waals surface area contributed by atoms with E-state index >= 15 is 0 Å². The molecule has 0 amide bonds. The van der Waals surface area contributed by atoms with E-state index in [2.05, 4.69) is 34.6 Å². The summed E-state index contributed by atoms with van der Waals surface area (Å²) in [4.78, 5) is 73.3. The molecule has 17 nitrogen and oxygen atoms in total. The summed E-state index contributed by atoms with van der Waals surface area (Å²) in [7, 11) is -9.93. The molecule has 0 fully saturated rings. The second-order valence-electron chi connectivity index (χ2n) is 32.5. The third kappa shape index (κ3) is 82.1. The van der Waals surface area contributed by atoms with Gasteiger partial charge in [-0.05, 0) is 31.6 Å². The number of ether oxygens (including phenoxy) is 4. The molecular formula is C89H174O17P2. The van der Waals surface area contributed by atoms with Crippen LogP contribution in [0.5, 0.6) is 0 Å². The molecule has 0 rings (SSSR count). The number of phosphoric acid groups is 2. The van der Waals surface area contributed by atoms with Gasteiger partial charge in [-0.3, -0.25) is 37.3 Å². The molecule has 0 saturated heterocycles. The van der Waals surface area contributed by atoms with Crippen LogP contribution < -0.4 is 0 Å². The van der Waals surface area contributed by atoms with E-state index in [1.165, 1.54) is 308 Å². The molecule has 0 radical (unpaired) electrons. The number of aliphatic hydroxyl groups is 1. The van der Waals surface area contributed by atoms with Crippen LogP contribution in [0.4, 0.5) is 0 Å². The maximum Gasteiger partial charge on any atom is 0.472 e. The highest BCUT2D eigenvalue weighted by atomic mass is 31.2. The Bertz CT molecular complexity index is 2050. The van der Waals surface area contributed by atoms with Gasteiger partial charge >= 0.3 is 39.5 Å². The second-order valence-corrected chi connectivity index (χ2v) is 35.4. The Morgan fingerprint density at radius 3 is 0.630 bits per heavy atom. The van der Waals surface area contributed by atoms with Crippen molar-refractivity contribution >= 4 is 39.5 Å². The first kappa shape index (κ1) is 106. The van der Waals surface area contributed by atoms with Crippen molar-refractivity contribution in [2.75, 3.05) is 39.6 Å². The SMILES string of the molecule is CCCCCCCCCCCCCCCCCCCCCCCCC(=O)O[C@H](COC(=O)CCCCCCCCCCCCCCCCCCCCCCC)COP(=O)(O)OC[C@@H](O)COP(=O)(O)OC[C@@H](COC(=O)CCCCCCCCCCC(C)C)OC(=O)CCCCCCCCCCCCCCCC. The lowest BCUT2D eigenvalue weighted by molar-refractivity contribution is -0.161. The number of aliphatic hydroxyl groups excluding tert-OH is 1. The minimum atomic E-state index is -4.97. The number of unbranched alkanes of at least 4 members (excludes halogenated alkanes) is 61. The van der Waals surface area contributed by atoms with Gasteiger partial charge in [-0.15, -0.1) is 0 Å². The van der Waals surface area contributed by atoms with Crippen molar-refractivity contribution in [2.24, 2.45) is 5.92 Å². The van der Waals surface area contributed by atoms with Gasteiger partial charge in [0.05, 0.1) is 26.4 Å². The zero-order valence-electron chi connectivity index (χ0n) is 71.0. The van der Waals surface area contributed by atoms with E-state index in [-0.39, 0.29) is 25.7 Å². The van der Waals surface area contributed by atoms with E-state index in [1.807, 2.05) is 0 Å². The first-order valence-corrected chi connectivity index (χ1v) is 49.1. The van der Waals surface area contributed by atoms with E-state index in [9.17, 15) is 43.2 Å². The first-order valence-electron chi connectivity index (χ1n) is 46.1. The molecule has 2 unspecified atom stereocenters. The molecule has 0 aromatic heterocycles. The Hall–Kier alpha value is -1.94. The quantitative estimate of drug-likeness (QED) is 0.0222. The molecule has 0 saturated carbocycles. The minimum Gasteiger partial charge on any atom is -0.462 e. The standard InChI is InChI=1S/C89H174O17P2/c1-6-9-12-15-18-21-24-27-30-32-34-36-38-40-42-44-47-50-53-60-65-70-75-89(94)105-84(78-99-86(91)72-67-62-57-51-48-46-43-41-39-37-35-33-31-28-25-22-19-16-13-10-7-2)80-103-107(95,96)101-76-83(90)77-102-108(97,98)104-81-85(79-100-87(92)73-68-63-58-55-54-56-61-66-71-82(4)5)106-88(93)74-69-64-59-52-49-45-29-26-23-20-17-14-11-8-3/h82-85,90H,6-81H2,1-5H3,(H,95,96)(H,97,98)/t83-,84-,85-/m1/s1. The van der Waals surface area contributed by atoms with Gasteiger partial charge in [0.25, 0.3) is 0 Å². The van der Waals surface area contributed by atoms with Crippen molar-refractivity contribution in [1.29, 1.82) is 0 Å². The number of carbonyl (C=O) groups is 4. The zero-order valence-corrected chi connectivity index (χ0v) is 72.8. The summed E-state index contributed by atoms with van der Waals surface area (Å²) in [6.45, 7) is 7.34. The largest absolute Gasteiger partial charge is 0.472 e. The van der Waals surface area contributed by atoms with Crippen LogP contribution >= 0.6 is 15.6 Å². The predicted octanol–water partition coefficient (Wildman–Crippen LogP) is 27.5. The first-order chi connectivity index (χ1) is 52.5. The van der Waals surface area contributed by atoms with Crippen LogP contribution in [0.3, 0.4) is 0 Å². The van der Waals surface area contributed by atoms with Gasteiger partial charge < -0.3 is 33.8 Å². The van der Waals surface area contributed by atoms with Crippen LogP contribution in [0, 0.1) is 5.92 Å². The van der Waals surface area contributed by atoms with Crippen molar-refractivity contribution in [3.05, 3.63) is 0 Å². The molecule has 0 aliphatic heterocycles. The van der Waals surface area contributed by atoms with Gasteiger partial charge in [0.15, 0.2) is 12.2 Å². The smallest absolute Gasteiger partial charge is 0.462 e. The molecule has 642 valence electrons. The minimum absolute atomic E-state index is 0.108. The van der Waals surface area contributed by atoms with Gasteiger partial charge in [0.2, 0.25) is 0 Å². The van der Waals surface area contributed by atoms with Gasteiger partial charge in [-0.2, -0.15) is 0 Å². The molecule has 0 bridgehead atoms. The molecule has 5 atom stereocenters. The van der Waals surface area contributed by atoms with Crippen molar-refractivity contribution in [2.45, 2.75) is 502 Å². The Morgan fingerprint density at radius 2 is 0.426 bits per heavy atom. The van der Waals surface area contributed by atoms with Crippen LogP contribution in [0.25, 0.3) is 0 Å². The van der Waals surface area contributed by atoms with Crippen LogP contribution in [0.2, 0.25) is 0 Å². The lowest BCUT2D eigenvalue weighted by atomic mass is 10.0. The van der Waals surface area contributed by atoms with E-state index in [0.717, 1.165) is 95.8 Å². The topological polar surface area (TPSA) is 237 Å². The molecule has 0 aromatic rings. The lowest BCUT2D eigenvalue weighted by Crippen LogP contribution is -2.30. The highest BCUT2D eigenvalue weighted by molar-refractivity contribution is 7.47. The number of hydrogen-bond donors (Lipinski definition) is 3. The molecule has 0 spiro atoms. The number of phosphoric ester groups is 2. The summed E-state index contributed by atoms with van der Waals surface area (Å²) in [6, 6.07) is 0. The number of hydrogen-bond acceptors (Lipinski definition) is 15. The molecule has 0 aliphatic rings. The fourth-order valence-corrected chi connectivity index (χ4v) is 15.6. The third-order valence-electron chi connectivity index (χ3n) is 21.0. The molecule has 3 N–H and O–H groups in total. The average molecular weight is 1580 g/mol. The Kier molecular flexibility index (Phi) is 80.2. The van der Waals surface area contributed by atoms with E-state index < -0.39 is 97.5 Å². The Morgan fingerprint density at radius 1 is 0.250 bits per heavy atom. The summed E-state index contributed by atoms with van der Waals surface area (Å²) < 4.78 is 69.0. The van der Waals surface area contributed by atoms with E-state index in [0.29, 0.717) is 25.7 Å². The van der Waals surface area contributed by atoms with Crippen LogP contribution in [0.1, 0.15) is 484 Å². The van der Waals surface area contributed by atoms with E-state index in [1.54, 1.807) is 0 Å². The molecular weight excluding hydrogens is 1400 g/mol. The third-order valence-corrected chi connectivity index (χ3v) is 22.9. The van der Waals surface area contributed by atoms with Gasteiger partial charge in [-0.25, -0.2) is 9.13 Å². The zero-order chi connectivity index (χ0) is 79.0. The fraction of sp³-hybridized carbons (Fsp3) is 0.955. The monoisotopic (exact) mass is 1580 g/mol. The van der Waals surface area contributed by atoms with Crippen LogP contribution in [0.15, 0.2) is 0 Å². The molecule has 0 heterocycles. The fourth-order valence-electron chi connectivity index (χ4n) is 14.0. The Labute approximate surface area is 664 Å². The van der Waals surface area contributed by atoms with Gasteiger partial charge in [0.1, 0.15) is 19.3 Å². The number of rotatable bonds is 89. The van der Waals surface area contributed by atoms with Crippen molar-refractivity contribution < 1.29 is 80.2 Å². The van der Waals surface area contributed by atoms with Gasteiger partial charge in [-0.1, -0.05) is 433 Å². The normalized spacial score (nSPS) is 13.7. The van der Waals surface area contributed by atoms with Gasteiger partial charge in [0, 0.05) is 25.7 Å². The van der Waals surface area contributed by atoms with E-state index in [4.69, 9.17) is 37.0 Å². The highest BCUT2D eigenvalue weighted by Crippen LogP contribution is 2.45. The molecule has 0 aromatic carbocycles. The summed E-state index contributed by atoms with van der Waals surface area (Å²) in [5.74, 6) is -1.37. The van der Waals surface area contributed by atoms with Crippen molar-refractivity contribution in [3.8, 4) is 0 Å². The Balaban J connectivity index is 5.21. The summed E-state index contributed by atoms with van der Waals surface area (Å²) in [6.07, 6.45) is 76.6. The lowest BCUT2D eigenvalue weighted by Gasteiger charge is -2.21. The van der Waals surface area contributed by atoms with Crippen LogP contribution in [-0.4, -0.2) is 96.7 Å². The maximum atomic E-state index is 13.2.